The molecule has 5 rings (SSSR count). The number of benzene rings is 1. The SMILES string of the molecule is N#CC1(c2ccncn2)CCN(Cc2cc(C(=O)N[C@H]3CCCC[C@@H]3O)nc3c(F)cccc23)CC1. The number of fused-ring (bicyclic) bond motifs is 1. The predicted molar refractivity (Wildman–Crippen MR) is 131 cm³/mol. The summed E-state index contributed by atoms with van der Waals surface area (Å²) in [6.45, 7) is 1.82. The number of aliphatic hydroxyl groups is 1. The van der Waals surface area contributed by atoms with Gasteiger partial charge in [0.15, 0.2) is 0 Å². The molecule has 1 aliphatic carbocycles. The zero-order chi connectivity index (χ0) is 25.1. The van der Waals surface area contributed by atoms with Crippen LogP contribution in [0.4, 0.5) is 4.39 Å². The highest BCUT2D eigenvalue weighted by Gasteiger charge is 2.38. The van der Waals surface area contributed by atoms with E-state index in [4.69, 9.17) is 0 Å². The lowest BCUT2D eigenvalue weighted by molar-refractivity contribution is 0.0714. The van der Waals surface area contributed by atoms with Gasteiger partial charge in [-0.1, -0.05) is 25.0 Å². The van der Waals surface area contributed by atoms with Crippen molar-refractivity contribution in [2.24, 2.45) is 0 Å². The van der Waals surface area contributed by atoms with Gasteiger partial charge in [-0.3, -0.25) is 9.69 Å². The van der Waals surface area contributed by atoms with Crippen molar-refractivity contribution in [2.75, 3.05) is 13.1 Å². The second-order valence-electron chi connectivity index (χ2n) is 9.80. The number of carbonyl (C=O) groups excluding carboxylic acids is 1. The fraction of sp³-hybridized carbons (Fsp3) is 0.444. The normalized spacial score (nSPS) is 22.1. The number of aromatic nitrogens is 3. The molecule has 0 unspecified atom stereocenters. The number of carbonyl (C=O) groups is 1. The van der Waals surface area contributed by atoms with Gasteiger partial charge in [0.2, 0.25) is 0 Å². The molecule has 1 saturated carbocycles. The fourth-order valence-corrected chi connectivity index (χ4v) is 5.39. The summed E-state index contributed by atoms with van der Waals surface area (Å²) in [7, 11) is 0. The lowest BCUT2D eigenvalue weighted by Gasteiger charge is -2.37. The third-order valence-electron chi connectivity index (χ3n) is 7.54. The molecule has 2 atom stereocenters. The largest absolute Gasteiger partial charge is 0.391 e. The van der Waals surface area contributed by atoms with Crippen LogP contribution in [-0.2, 0) is 12.0 Å². The Morgan fingerprint density at radius 1 is 1.25 bits per heavy atom. The number of nitriles is 1. The second-order valence-corrected chi connectivity index (χ2v) is 9.80. The number of halogens is 1. The highest BCUT2D eigenvalue weighted by Crippen LogP contribution is 2.34. The molecule has 2 aromatic heterocycles. The van der Waals surface area contributed by atoms with Crippen molar-refractivity contribution in [3.63, 3.8) is 0 Å². The predicted octanol–water partition coefficient (Wildman–Crippen LogP) is 3.25. The Hall–Kier alpha value is -3.48. The molecular formula is C27H29FN6O2. The first-order valence-electron chi connectivity index (χ1n) is 12.5. The highest BCUT2D eigenvalue weighted by molar-refractivity contribution is 5.96. The first kappa shape index (κ1) is 24.2. The first-order valence-corrected chi connectivity index (χ1v) is 12.5. The summed E-state index contributed by atoms with van der Waals surface area (Å²) in [5.41, 5.74) is 1.19. The van der Waals surface area contributed by atoms with Crippen molar-refractivity contribution in [2.45, 2.75) is 62.6 Å². The number of pyridine rings is 1. The molecule has 8 nitrogen and oxygen atoms in total. The molecule has 36 heavy (non-hydrogen) atoms. The smallest absolute Gasteiger partial charge is 0.270 e. The van der Waals surface area contributed by atoms with Gasteiger partial charge in [-0.25, -0.2) is 19.3 Å². The maximum atomic E-state index is 14.7. The third kappa shape index (κ3) is 4.79. The van der Waals surface area contributed by atoms with Crippen LogP contribution in [-0.4, -0.2) is 56.1 Å². The molecule has 186 valence electrons. The Morgan fingerprint density at radius 2 is 2.06 bits per heavy atom. The molecule has 1 aliphatic heterocycles. The van der Waals surface area contributed by atoms with E-state index < -0.39 is 23.2 Å². The number of piperidine rings is 1. The van der Waals surface area contributed by atoms with Crippen molar-refractivity contribution in [3.05, 3.63) is 65.6 Å². The van der Waals surface area contributed by atoms with Crippen LogP contribution in [0, 0.1) is 17.1 Å². The van der Waals surface area contributed by atoms with E-state index in [0.29, 0.717) is 50.7 Å². The number of nitrogens with one attached hydrogen (secondary N) is 1. The van der Waals surface area contributed by atoms with Crippen molar-refractivity contribution in [1.29, 1.82) is 5.26 Å². The number of aliphatic hydroxyl groups excluding tert-OH is 1. The van der Waals surface area contributed by atoms with Crippen molar-refractivity contribution in [3.8, 4) is 6.07 Å². The highest BCUT2D eigenvalue weighted by atomic mass is 19.1. The van der Waals surface area contributed by atoms with Crippen LogP contribution in [0.5, 0.6) is 0 Å². The van der Waals surface area contributed by atoms with E-state index in [0.717, 1.165) is 24.1 Å². The molecule has 9 heteroatoms. The van der Waals surface area contributed by atoms with Crippen LogP contribution in [0.2, 0.25) is 0 Å². The van der Waals surface area contributed by atoms with Crippen molar-refractivity contribution >= 4 is 16.8 Å². The molecule has 1 aromatic carbocycles. The topological polar surface area (TPSA) is 115 Å². The van der Waals surface area contributed by atoms with E-state index in [1.807, 2.05) is 6.07 Å². The average Bonchev–Trinajstić information content (AvgIpc) is 2.91. The summed E-state index contributed by atoms with van der Waals surface area (Å²) in [6.07, 6.45) is 7.03. The molecule has 1 amide bonds. The summed E-state index contributed by atoms with van der Waals surface area (Å²) >= 11 is 0. The Labute approximate surface area is 209 Å². The van der Waals surface area contributed by atoms with Crippen LogP contribution in [0.25, 0.3) is 10.9 Å². The standard InChI is InChI=1S/C27H29FN6O2/c28-20-5-3-4-19-18(14-22(32-25(19)20)26(36)33-21-6-1-2-7-23(21)35)15-34-12-9-27(16-29,10-13-34)24-8-11-30-17-31-24/h3-5,8,11,14,17,21,23,35H,1-2,6-7,9-10,12-13,15H2,(H,33,36)/t21-,23-/m0/s1. The van der Waals surface area contributed by atoms with Gasteiger partial charge in [-0.15, -0.1) is 0 Å². The Balaban J connectivity index is 1.38. The third-order valence-corrected chi connectivity index (χ3v) is 7.54. The maximum absolute atomic E-state index is 14.7. The van der Waals surface area contributed by atoms with Crippen LogP contribution in [0.15, 0.2) is 42.9 Å². The Morgan fingerprint density at radius 3 is 2.78 bits per heavy atom. The van der Waals surface area contributed by atoms with Gasteiger partial charge >= 0.3 is 0 Å². The van der Waals surface area contributed by atoms with E-state index >= 15 is 0 Å². The molecule has 0 radical (unpaired) electrons. The van der Waals surface area contributed by atoms with E-state index in [2.05, 4.69) is 31.2 Å². The van der Waals surface area contributed by atoms with Gasteiger partial charge in [0.25, 0.3) is 5.91 Å². The van der Waals surface area contributed by atoms with Gasteiger partial charge in [0.1, 0.15) is 28.8 Å². The summed E-state index contributed by atoms with van der Waals surface area (Å²) in [5.74, 6) is -0.884. The van der Waals surface area contributed by atoms with Crippen LogP contribution >= 0.6 is 0 Å². The van der Waals surface area contributed by atoms with Crippen LogP contribution in [0.3, 0.4) is 0 Å². The number of para-hydroxylation sites is 1. The Bertz CT molecular complexity index is 1290. The van der Waals surface area contributed by atoms with Gasteiger partial charge in [0, 0.05) is 31.2 Å². The fourth-order valence-electron chi connectivity index (χ4n) is 5.39. The number of amides is 1. The molecule has 0 spiro atoms. The molecular weight excluding hydrogens is 459 g/mol. The summed E-state index contributed by atoms with van der Waals surface area (Å²) in [6, 6.07) is 10.5. The monoisotopic (exact) mass is 488 g/mol. The van der Waals surface area contributed by atoms with Crippen LogP contribution < -0.4 is 5.32 Å². The maximum Gasteiger partial charge on any atom is 0.270 e. The van der Waals surface area contributed by atoms with Gasteiger partial charge in [0.05, 0.1) is 23.9 Å². The molecule has 2 fully saturated rings. The molecule has 0 bridgehead atoms. The summed E-state index contributed by atoms with van der Waals surface area (Å²) < 4.78 is 14.7. The van der Waals surface area contributed by atoms with Gasteiger partial charge < -0.3 is 10.4 Å². The van der Waals surface area contributed by atoms with E-state index in [1.165, 1.54) is 12.4 Å². The molecule has 3 heterocycles. The van der Waals surface area contributed by atoms with E-state index in [1.54, 1.807) is 24.4 Å². The minimum atomic E-state index is -0.655. The number of hydrogen-bond donors (Lipinski definition) is 2. The summed E-state index contributed by atoms with van der Waals surface area (Å²) in [5, 5.41) is 23.8. The van der Waals surface area contributed by atoms with Gasteiger partial charge in [-0.2, -0.15) is 5.26 Å². The molecule has 1 saturated heterocycles. The molecule has 2 aliphatic rings. The number of rotatable bonds is 5. The quantitative estimate of drug-likeness (QED) is 0.566. The molecule has 3 aromatic rings. The lowest BCUT2D eigenvalue weighted by Crippen LogP contribution is -2.45. The van der Waals surface area contributed by atoms with E-state index in [-0.39, 0.29) is 17.3 Å². The lowest BCUT2D eigenvalue weighted by atomic mass is 9.76. The Kier molecular flexibility index (Phi) is 6.90. The zero-order valence-corrected chi connectivity index (χ0v) is 20.0. The summed E-state index contributed by atoms with van der Waals surface area (Å²) in [4.78, 5) is 27.9. The number of likely N-dealkylation sites (tertiary alicyclic amines) is 1. The second kappa shape index (κ2) is 10.2. The minimum absolute atomic E-state index is 0.143. The van der Waals surface area contributed by atoms with Crippen molar-refractivity contribution < 1.29 is 14.3 Å². The van der Waals surface area contributed by atoms with Crippen LogP contribution in [0.1, 0.15) is 60.3 Å². The average molecular weight is 489 g/mol. The number of hydrogen-bond acceptors (Lipinski definition) is 7. The van der Waals surface area contributed by atoms with Gasteiger partial charge in [-0.05, 0) is 49.4 Å². The zero-order valence-electron chi connectivity index (χ0n) is 20.0. The van der Waals surface area contributed by atoms with E-state index in [9.17, 15) is 19.6 Å². The number of nitrogens with zero attached hydrogens (tertiary/aromatic N) is 5. The molecule has 2 N–H and O–H groups in total. The van der Waals surface area contributed by atoms with Crippen molar-refractivity contribution in [1.82, 2.24) is 25.2 Å². The first-order chi connectivity index (χ1) is 17.5. The minimum Gasteiger partial charge on any atom is -0.391 e.